The van der Waals surface area contributed by atoms with E-state index >= 15 is 0 Å². The van der Waals surface area contributed by atoms with Gasteiger partial charge in [-0.15, -0.1) is 0 Å². The number of benzene rings is 2. The van der Waals surface area contributed by atoms with E-state index < -0.39 is 0 Å². The van der Waals surface area contributed by atoms with Crippen molar-refractivity contribution in [3.8, 4) is 0 Å². The Hall–Kier alpha value is -2.62. The molecular formula is C22H25N3O. The zero-order valence-electron chi connectivity index (χ0n) is 15.0. The molecule has 3 aromatic rings. The Labute approximate surface area is 154 Å². The molecule has 1 aliphatic rings. The molecule has 0 unspecified atom stereocenters. The van der Waals surface area contributed by atoms with Crippen LogP contribution in [0.3, 0.4) is 0 Å². The summed E-state index contributed by atoms with van der Waals surface area (Å²) in [6, 6.07) is 16.2. The highest BCUT2D eigenvalue weighted by Gasteiger charge is 2.17. The molecule has 1 aromatic heterocycles. The van der Waals surface area contributed by atoms with E-state index in [0.29, 0.717) is 12.3 Å². The van der Waals surface area contributed by atoms with Gasteiger partial charge in [-0.25, -0.2) is 4.98 Å². The number of carbonyl (C=O) groups excluding carboxylic acids is 1. The van der Waals surface area contributed by atoms with Crippen LogP contribution in [0, 0.1) is 5.92 Å². The molecule has 1 heterocycles. The van der Waals surface area contributed by atoms with Crippen LogP contribution in [0.1, 0.15) is 49.9 Å². The topological polar surface area (TPSA) is 57.8 Å². The Morgan fingerprint density at radius 2 is 1.88 bits per heavy atom. The van der Waals surface area contributed by atoms with Gasteiger partial charge in [0.1, 0.15) is 5.82 Å². The number of nitrogens with zero attached hydrogens (tertiary/aromatic N) is 1. The fraction of sp³-hybridized carbons (Fsp3) is 0.364. The average molecular weight is 347 g/mol. The van der Waals surface area contributed by atoms with Crippen molar-refractivity contribution in [1.82, 2.24) is 9.97 Å². The van der Waals surface area contributed by atoms with Crippen molar-refractivity contribution in [3.05, 3.63) is 59.9 Å². The monoisotopic (exact) mass is 347 g/mol. The second-order valence-corrected chi connectivity index (χ2v) is 7.33. The lowest BCUT2D eigenvalue weighted by molar-refractivity contribution is -0.117. The Balaban J connectivity index is 1.42. The molecule has 134 valence electrons. The maximum absolute atomic E-state index is 12.3. The quantitative estimate of drug-likeness (QED) is 0.677. The van der Waals surface area contributed by atoms with Crippen LogP contribution in [0.5, 0.6) is 0 Å². The molecule has 0 aliphatic heterocycles. The van der Waals surface area contributed by atoms with Crippen molar-refractivity contribution >= 4 is 22.6 Å². The van der Waals surface area contributed by atoms with Gasteiger partial charge in [0.25, 0.3) is 0 Å². The van der Waals surface area contributed by atoms with E-state index in [2.05, 4.69) is 27.4 Å². The first kappa shape index (κ1) is 16.8. The normalized spacial score (nSPS) is 15.2. The summed E-state index contributed by atoms with van der Waals surface area (Å²) in [5.74, 6) is 1.62. The van der Waals surface area contributed by atoms with E-state index in [4.69, 9.17) is 0 Å². The van der Waals surface area contributed by atoms with E-state index in [0.717, 1.165) is 29.0 Å². The van der Waals surface area contributed by atoms with E-state index in [9.17, 15) is 4.79 Å². The first-order valence-electron chi connectivity index (χ1n) is 9.59. The zero-order chi connectivity index (χ0) is 17.8. The first-order valence-corrected chi connectivity index (χ1v) is 9.59. The summed E-state index contributed by atoms with van der Waals surface area (Å²) in [5, 5.41) is 3.05. The van der Waals surface area contributed by atoms with Crippen LogP contribution >= 0.6 is 0 Å². The number of H-pyrrole nitrogens is 1. The van der Waals surface area contributed by atoms with Gasteiger partial charge in [-0.05, 0) is 42.5 Å². The minimum absolute atomic E-state index is 0.125. The van der Waals surface area contributed by atoms with E-state index in [1.807, 2.05) is 36.4 Å². The van der Waals surface area contributed by atoms with Gasteiger partial charge in [0.2, 0.25) is 5.91 Å². The highest BCUT2D eigenvalue weighted by atomic mass is 16.1. The molecule has 0 radical (unpaired) electrons. The summed E-state index contributed by atoms with van der Waals surface area (Å²) in [4.78, 5) is 20.4. The van der Waals surface area contributed by atoms with Crippen LogP contribution < -0.4 is 5.32 Å². The largest absolute Gasteiger partial charge is 0.342 e. The maximum atomic E-state index is 12.3. The maximum Gasteiger partial charge on any atom is 0.224 e. The summed E-state index contributed by atoms with van der Waals surface area (Å²) in [7, 11) is 0. The number of imidazole rings is 1. The molecule has 4 nitrogen and oxygen atoms in total. The standard InChI is InChI=1S/C22H25N3O/c26-22(14-17-9-5-2-6-10-17)23-18-11-12-19-20(15-18)25-21(24-19)13-16-7-3-1-4-8-16/h1,3-4,7-8,11-12,15,17H,2,5-6,9-10,13-14H2,(H,23,26)(H,24,25). The minimum Gasteiger partial charge on any atom is -0.342 e. The number of carbonyl (C=O) groups is 1. The number of aromatic amines is 1. The van der Waals surface area contributed by atoms with Crippen LogP contribution in [-0.4, -0.2) is 15.9 Å². The average Bonchev–Trinajstić information content (AvgIpc) is 3.05. The summed E-state index contributed by atoms with van der Waals surface area (Å²) < 4.78 is 0. The van der Waals surface area contributed by atoms with Crippen molar-refractivity contribution in [2.75, 3.05) is 5.32 Å². The molecule has 26 heavy (non-hydrogen) atoms. The van der Waals surface area contributed by atoms with Crippen LogP contribution in [0.4, 0.5) is 5.69 Å². The molecule has 2 N–H and O–H groups in total. The lowest BCUT2D eigenvalue weighted by Crippen LogP contribution is -2.18. The fourth-order valence-electron chi connectivity index (χ4n) is 3.88. The number of nitrogens with one attached hydrogen (secondary N) is 2. The number of hydrogen-bond donors (Lipinski definition) is 2. The molecule has 1 aliphatic carbocycles. The predicted octanol–water partition coefficient (Wildman–Crippen LogP) is 5.06. The molecule has 0 saturated heterocycles. The minimum atomic E-state index is 0.125. The van der Waals surface area contributed by atoms with Crippen molar-refractivity contribution in [1.29, 1.82) is 0 Å². The van der Waals surface area contributed by atoms with Crippen LogP contribution in [0.15, 0.2) is 48.5 Å². The number of fused-ring (bicyclic) bond motifs is 1. The highest BCUT2D eigenvalue weighted by Crippen LogP contribution is 2.27. The predicted molar refractivity (Wildman–Crippen MR) is 105 cm³/mol. The molecule has 4 rings (SSSR count). The van der Waals surface area contributed by atoms with Gasteiger partial charge in [0.05, 0.1) is 11.0 Å². The number of hydrogen-bond acceptors (Lipinski definition) is 2. The molecule has 4 heteroatoms. The van der Waals surface area contributed by atoms with Gasteiger partial charge >= 0.3 is 0 Å². The molecule has 0 atom stereocenters. The van der Waals surface area contributed by atoms with Crippen LogP contribution in [0.2, 0.25) is 0 Å². The second-order valence-electron chi connectivity index (χ2n) is 7.33. The van der Waals surface area contributed by atoms with Crippen LogP contribution in [0.25, 0.3) is 11.0 Å². The van der Waals surface area contributed by atoms with Gasteiger partial charge in [0, 0.05) is 18.5 Å². The van der Waals surface area contributed by atoms with Gasteiger partial charge in [-0.1, -0.05) is 49.6 Å². The Kier molecular flexibility index (Phi) is 5.00. The number of rotatable bonds is 5. The smallest absolute Gasteiger partial charge is 0.224 e. The molecular weight excluding hydrogens is 322 g/mol. The number of amides is 1. The zero-order valence-corrected chi connectivity index (χ0v) is 15.0. The van der Waals surface area contributed by atoms with Crippen LogP contribution in [-0.2, 0) is 11.2 Å². The summed E-state index contributed by atoms with van der Waals surface area (Å²) >= 11 is 0. The van der Waals surface area contributed by atoms with E-state index in [-0.39, 0.29) is 5.91 Å². The lowest BCUT2D eigenvalue weighted by atomic mass is 9.87. The van der Waals surface area contributed by atoms with Gasteiger partial charge in [-0.2, -0.15) is 0 Å². The molecule has 0 bridgehead atoms. The van der Waals surface area contributed by atoms with Gasteiger partial charge in [-0.3, -0.25) is 4.79 Å². The third-order valence-corrected chi connectivity index (χ3v) is 5.23. The lowest BCUT2D eigenvalue weighted by Gasteiger charge is -2.20. The second kappa shape index (κ2) is 7.73. The van der Waals surface area contributed by atoms with E-state index in [1.165, 1.54) is 37.7 Å². The summed E-state index contributed by atoms with van der Waals surface area (Å²) in [6.45, 7) is 0. The molecule has 2 aromatic carbocycles. The Bertz CT molecular complexity index is 879. The van der Waals surface area contributed by atoms with Crippen molar-refractivity contribution in [2.45, 2.75) is 44.9 Å². The highest BCUT2D eigenvalue weighted by molar-refractivity contribution is 5.93. The van der Waals surface area contributed by atoms with Crippen molar-refractivity contribution in [3.63, 3.8) is 0 Å². The number of aromatic nitrogens is 2. The number of anilines is 1. The summed E-state index contributed by atoms with van der Waals surface area (Å²) in [5.41, 5.74) is 3.97. The van der Waals surface area contributed by atoms with Gasteiger partial charge < -0.3 is 10.3 Å². The molecule has 1 fully saturated rings. The first-order chi connectivity index (χ1) is 12.8. The molecule has 1 saturated carbocycles. The fourth-order valence-corrected chi connectivity index (χ4v) is 3.88. The molecule has 1 amide bonds. The summed E-state index contributed by atoms with van der Waals surface area (Å²) in [6.07, 6.45) is 7.65. The Morgan fingerprint density at radius 3 is 2.69 bits per heavy atom. The van der Waals surface area contributed by atoms with E-state index in [1.54, 1.807) is 0 Å². The van der Waals surface area contributed by atoms with Crippen molar-refractivity contribution in [2.24, 2.45) is 5.92 Å². The SMILES string of the molecule is O=C(CC1CCCCC1)Nc1ccc2nc(Cc3ccccc3)[nH]c2c1. The third kappa shape index (κ3) is 4.13. The van der Waals surface area contributed by atoms with Gasteiger partial charge in [0.15, 0.2) is 0 Å². The van der Waals surface area contributed by atoms with Crippen molar-refractivity contribution < 1.29 is 4.79 Å². The Morgan fingerprint density at radius 1 is 1.08 bits per heavy atom. The molecule has 0 spiro atoms. The third-order valence-electron chi connectivity index (χ3n) is 5.23.